The third-order valence-electron chi connectivity index (χ3n) is 4.60. The predicted molar refractivity (Wildman–Crippen MR) is 76.1 cm³/mol. The summed E-state index contributed by atoms with van der Waals surface area (Å²) in [6.07, 6.45) is 10.6. The third kappa shape index (κ3) is 2.98. The fourth-order valence-corrected chi connectivity index (χ4v) is 3.51. The highest BCUT2D eigenvalue weighted by atomic mass is 16.5. The van der Waals surface area contributed by atoms with Gasteiger partial charge in [0.15, 0.2) is 0 Å². The van der Waals surface area contributed by atoms with Gasteiger partial charge >= 0.3 is 0 Å². The second-order valence-corrected chi connectivity index (χ2v) is 5.92. The van der Waals surface area contributed by atoms with Crippen LogP contribution in [0.1, 0.15) is 55.7 Å². The minimum Gasteiger partial charge on any atom is -0.378 e. The Kier molecular flexibility index (Phi) is 4.14. The maximum Gasteiger partial charge on any atom is 0.0576 e. The minimum atomic E-state index is 0.234. The molecule has 1 aromatic heterocycles. The van der Waals surface area contributed by atoms with Gasteiger partial charge in [-0.25, -0.2) is 0 Å². The average molecular weight is 260 g/mol. The van der Waals surface area contributed by atoms with Gasteiger partial charge in [0.1, 0.15) is 0 Å². The number of ether oxygens (including phenoxy) is 1. The van der Waals surface area contributed by atoms with Crippen molar-refractivity contribution in [2.75, 3.05) is 6.61 Å². The second kappa shape index (κ2) is 6.02. The molecule has 2 aliphatic rings. The molecule has 1 aliphatic heterocycles. The van der Waals surface area contributed by atoms with Gasteiger partial charge in [-0.05, 0) is 56.6 Å². The summed E-state index contributed by atoms with van der Waals surface area (Å²) in [6, 6.07) is 4.48. The van der Waals surface area contributed by atoms with Gasteiger partial charge in [0.2, 0.25) is 0 Å². The summed E-state index contributed by atoms with van der Waals surface area (Å²) >= 11 is 0. The molecule has 3 atom stereocenters. The van der Waals surface area contributed by atoms with E-state index < -0.39 is 0 Å². The molecule has 3 unspecified atom stereocenters. The fourth-order valence-electron chi connectivity index (χ4n) is 3.51. The smallest absolute Gasteiger partial charge is 0.0576 e. The highest BCUT2D eigenvalue weighted by molar-refractivity contribution is 5.27. The molecule has 3 heteroatoms. The van der Waals surface area contributed by atoms with Crippen molar-refractivity contribution in [2.45, 2.75) is 63.0 Å². The van der Waals surface area contributed by atoms with E-state index in [1.165, 1.54) is 36.9 Å². The van der Waals surface area contributed by atoms with Crippen LogP contribution in [0.15, 0.2) is 18.3 Å². The zero-order chi connectivity index (χ0) is 13.1. The first-order chi connectivity index (χ1) is 9.34. The molecule has 104 valence electrons. The van der Waals surface area contributed by atoms with Gasteiger partial charge in [0.05, 0.1) is 6.10 Å². The molecule has 2 N–H and O–H groups in total. The molecule has 2 heterocycles. The summed E-state index contributed by atoms with van der Waals surface area (Å²) in [7, 11) is 0. The van der Waals surface area contributed by atoms with Crippen LogP contribution in [0.25, 0.3) is 0 Å². The van der Waals surface area contributed by atoms with E-state index in [4.69, 9.17) is 10.5 Å². The van der Waals surface area contributed by atoms with Gasteiger partial charge < -0.3 is 10.5 Å². The molecule has 3 nitrogen and oxygen atoms in total. The zero-order valence-electron chi connectivity index (χ0n) is 11.6. The van der Waals surface area contributed by atoms with Crippen molar-refractivity contribution in [3.63, 3.8) is 0 Å². The number of rotatable bonds is 4. The van der Waals surface area contributed by atoms with Crippen LogP contribution in [0.5, 0.6) is 0 Å². The van der Waals surface area contributed by atoms with E-state index in [2.05, 4.69) is 11.1 Å². The maximum absolute atomic E-state index is 6.45. The van der Waals surface area contributed by atoms with E-state index in [1.54, 1.807) is 0 Å². The van der Waals surface area contributed by atoms with Crippen LogP contribution in [0, 0.1) is 0 Å². The van der Waals surface area contributed by atoms with Gasteiger partial charge in [0.25, 0.3) is 0 Å². The van der Waals surface area contributed by atoms with E-state index in [0.29, 0.717) is 12.0 Å². The molecule has 19 heavy (non-hydrogen) atoms. The summed E-state index contributed by atoms with van der Waals surface area (Å²) < 4.78 is 5.69. The van der Waals surface area contributed by atoms with Gasteiger partial charge in [-0.1, -0.05) is 6.07 Å². The SMILES string of the molecule is NC(CCC1CCCO1)C1CCCc2cccnc21. The van der Waals surface area contributed by atoms with E-state index in [9.17, 15) is 0 Å². The van der Waals surface area contributed by atoms with Crippen LogP contribution in [0.4, 0.5) is 0 Å². The molecule has 0 saturated carbocycles. The van der Waals surface area contributed by atoms with Gasteiger partial charge in [-0.2, -0.15) is 0 Å². The third-order valence-corrected chi connectivity index (χ3v) is 4.60. The molecule has 1 aliphatic carbocycles. The molecule has 0 radical (unpaired) electrons. The molecule has 1 aromatic rings. The summed E-state index contributed by atoms with van der Waals surface area (Å²) in [4.78, 5) is 4.59. The molecule has 0 amide bonds. The molecule has 0 spiro atoms. The van der Waals surface area contributed by atoms with Crippen LogP contribution in [0.3, 0.4) is 0 Å². The van der Waals surface area contributed by atoms with E-state index in [-0.39, 0.29) is 6.04 Å². The lowest BCUT2D eigenvalue weighted by Crippen LogP contribution is -2.32. The van der Waals surface area contributed by atoms with E-state index >= 15 is 0 Å². The van der Waals surface area contributed by atoms with Gasteiger partial charge in [-0.15, -0.1) is 0 Å². The van der Waals surface area contributed by atoms with Crippen molar-refractivity contribution in [1.29, 1.82) is 0 Å². The quantitative estimate of drug-likeness (QED) is 0.905. The topological polar surface area (TPSA) is 48.1 Å². The Morgan fingerprint density at radius 2 is 2.32 bits per heavy atom. The van der Waals surface area contributed by atoms with Crippen LogP contribution in [-0.2, 0) is 11.2 Å². The van der Waals surface area contributed by atoms with Crippen molar-refractivity contribution < 1.29 is 4.74 Å². The Morgan fingerprint density at radius 1 is 1.37 bits per heavy atom. The number of aromatic nitrogens is 1. The van der Waals surface area contributed by atoms with Crippen molar-refractivity contribution in [1.82, 2.24) is 4.98 Å². The highest BCUT2D eigenvalue weighted by Crippen LogP contribution is 2.33. The predicted octanol–water partition coefficient (Wildman–Crippen LogP) is 2.79. The normalized spacial score (nSPS) is 28.1. The van der Waals surface area contributed by atoms with Crippen molar-refractivity contribution in [3.8, 4) is 0 Å². The average Bonchev–Trinajstić information content (AvgIpc) is 2.97. The number of fused-ring (bicyclic) bond motifs is 1. The largest absolute Gasteiger partial charge is 0.378 e. The minimum absolute atomic E-state index is 0.234. The molecular weight excluding hydrogens is 236 g/mol. The number of hydrogen-bond acceptors (Lipinski definition) is 3. The lowest BCUT2D eigenvalue weighted by molar-refractivity contribution is 0.0996. The lowest BCUT2D eigenvalue weighted by Gasteiger charge is -2.29. The Balaban J connectivity index is 1.62. The Bertz CT molecular complexity index is 415. The monoisotopic (exact) mass is 260 g/mol. The standard InChI is InChI=1S/C16H24N2O/c17-15(9-8-13-6-3-11-19-13)14-7-1-4-12-5-2-10-18-16(12)14/h2,5,10,13-15H,1,3-4,6-9,11,17H2. The first kappa shape index (κ1) is 13.1. The molecule has 1 fully saturated rings. The fraction of sp³-hybridized carbons (Fsp3) is 0.688. The van der Waals surface area contributed by atoms with Crippen LogP contribution < -0.4 is 5.73 Å². The first-order valence-corrected chi connectivity index (χ1v) is 7.65. The number of aryl methyl sites for hydroxylation is 1. The summed E-state index contributed by atoms with van der Waals surface area (Å²) in [5, 5.41) is 0. The number of nitrogens with zero attached hydrogens (tertiary/aromatic N) is 1. The van der Waals surface area contributed by atoms with Crippen molar-refractivity contribution in [2.24, 2.45) is 5.73 Å². The summed E-state index contributed by atoms with van der Waals surface area (Å²) in [5.41, 5.74) is 9.11. The van der Waals surface area contributed by atoms with Gasteiger partial charge in [-0.3, -0.25) is 4.98 Å². The first-order valence-electron chi connectivity index (χ1n) is 7.65. The van der Waals surface area contributed by atoms with Crippen LogP contribution in [-0.4, -0.2) is 23.7 Å². The Labute approximate surface area is 115 Å². The van der Waals surface area contributed by atoms with E-state index in [0.717, 1.165) is 25.9 Å². The summed E-state index contributed by atoms with van der Waals surface area (Å²) in [5.74, 6) is 0.450. The molecule has 0 bridgehead atoms. The van der Waals surface area contributed by atoms with Gasteiger partial charge in [0, 0.05) is 30.5 Å². The molecule has 3 rings (SSSR count). The van der Waals surface area contributed by atoms with Crippen LogP contribution >= 0.6 is 0 Å². The van der Waals surface area contributed by atoms with Crippen molar-refractivity contribution >= 4 is 0 Å². The number of nitrogens with two attached hydrogens (primary N) is 1. The number of pyridine rings is 1. The Hall–Kier alpha value is -0.930. The molecule has 0 aromatic carbocycles. The Morgan fingerprint density at radius 3 is 3.16 bits per heavy atom. The number of hydrogen-bond donors (Lipinski definition) is 1. The zero-order valence-corrected chi connectivity index (χ0v) is 11.6. The maximum atomic E-state index is 6.45. The van der Waals surface area contributed by atoms with Crippen LogP contribution in [0.2, 0.25) is 0 Å². The van der Waals surface area contributed by atoms with Crippen molar-refractivity contribution in [3.05, 3.63) is 29.6 Å². The highest BCUT2D eigenvalue weighted by Gasteiger charge is 2.27. The summed E-state index contributed by atoms with van der Waals surface area (Å²) in [6.45, 7) is 0.938. The van der Waals surface area contributed by atoms with E-state index in [1.807, 2.05) is 12.3 Å². The second-order valence-electron chi connectivity index (χ2n) is 5.92. The molecular formula is C16H24N2O. The lowest BCUT2D eigenvalue weighted by atomic mass is 9.80. The molecule has 1 saturated heterocycles.